The Morgan fingerprint density at radius 3 is 2.74 bits per heavy atom. The van der Waals surface area contributed by atoms with Crippen LogP contribution in [0.4, 0.5) is 0 Å². The Morgan fingerprint density at radius 2 is 1.96 bits per heavy atom. The fourth-order valence-electron chi connectivity index (χ4n) is 3.60. The topological polar surface area (TPSA) is 63.1 Å². The monoisotopic (exact) mass is 383 g/mol. The number of hydrogen-bond donors (Lipinski definition) is 1. The van der Waals surface area contributed by atoms with Gasteiger partial charge in [-0.15, -0.1) is 21.5 Å². The van der Waals surface area contributed by atoms with E-state index in [1.54, 1.807) is 12.7 Å². The number of benzene rings is 1. The molecular formula is C20H25N5OS. The molecular weight excluding hydrogens is 358 g/mol. The number of aryl methyl sites for hydroxylation is 1. The van der Waals surface area contributed by atoms with Crippen LogP contribution in [0, 0.1) is 5.92 Å². The maximum Gasteiger partial charge on any atom is 0.221 e. The summed E-state index contributed by atoms with van der Waals surface area (Å²) in [6.07, 6.45) is 6.05. The van der Waals surface area contributed by atoms with Crippen molar-refractivity contribution in [2.75, 3.05) is 19.6 Å². The third-order valence-electron chi connectivity index (χ3n) is 5.21. The van der Waals surface area contributed by atoms with Crippen molar-refractivity contribution < 1.29 is 4.79 Å². The number of carbonyl (C=O) groups excluding carboxylic acids is 1. The van der Waals surface area contributed by atoms with E-state index in [9.17, 15) is 4.79 Å². The number of fused-ring (bicyclic) bond motifs is 1. The summed E-state index contributed by atoms with van der Waals surface area (Å²) in [7, 11) is 0. The molecule has 4 rings (SSSR count). The van der Waals surface area contributed by atoms with E-state index in [4.69, 9.17) is 0 Å². The highest BCUT2D eigenvalue weighted by Crippen LogP contribution is 2.27. The van der Waals surface area contributed by atoms with Crippen molar-refractivity contribution in [3.63, 3.8) is 0 Å². The van der Waals surface area contributed by atoms with Gasteiger partial charge < -0.3 is 9.88 Å². The standard InChI is InChI=1S/C20H25N5OS/c26-20(7-10-25-14-22-23-15-25)21-12-16-5-8-24(9-6-16)13-18-11-17-3-1-2-4-19(17)27-18/h1-4,11,14-16H,5-10,12-13H2,(H,21,26). The highest BCUT2D eigenvalue weighted by atomic mass is 32.1. The first-order valence-electron chi connectivity index (χ1n) is 9.55. The van der Waals surface area contributed by atoms with Gasteiger partial charge in [0.1, 0.15) is 12.7 Å². The Labute approximate surface area is 163 Å². The highest BCUT2D eigenvalue weighted by molar-refractivity contribution is 7.19. The van der Waals surface area contributed by atoms with Crippen molar-refractivity contribution >= 4 is 27.3 Å². The second-order valence-electron chi connectivity index (χ2n) is 7.22. The van der Waals surface area contributed by atoms with Crippen LogP contribution in [0.15, 0.2) is 43.0 Å². The van der Waals surface area contributed by atoms with Crippen molar-refractivity contribution in [3.05, 3.63) is 47.9 Å². The van der Waals surface area contributed by atoms with E-state index < -0.39 is 0 Å². The summed E-state index contributed by atoms with van der Waals surface area (Å²) >= 11 is 1.90. The number of aromatic nitrogens is 3. The van der Waals surface area contributed by atoms with Gasteiger partial charge in [0.15, 0.2) is 0 Å². The molecule has 3 aromatic rings. The molecule has 0 aliphatic carbocycles. The minimum absolute atomic E-state index is 0.108. The molecule has 3 heterocycles. The van der Waals surface area contributed by atoms with Crippen molar-refractivity contribution in [1.29, 1.82) is 0 Å². The van der Waals surface area contributed by atoms with Crippen LogP contribution in [0.5, 0.6) is 0 Å². The maximum atomic E-state index is 12.0. The number of nitrogens with zero attached hydrogens (tertiary/aromatic N) is 4. The molecule has 142 valence electrons. The number of thiophene rings is 1. The van der Waals surface area contributed by atoms with Crippen molar-refractivity contribution in [3.8, 4) is 0 Å². The van der Waals surface area contributed by atoms with Gasteiger partial charge in [0.25, 0.3) is 0 Å². The lowest BCUT2D eigenvalue weighted by atomic mass is 9.96. The summed E-state index contributed by atoms with van der Waals surface area (Å²) < 4.78 is 3.20. The Morgan fingerprint density at radius 1 is 1.19 bits per heavy atom. The fourth-order valence-corrected chi connectivity index (χ4v) is 4.71. The van der Waals surface area contributed by atoms with Crippen LogP contribution in [-0.2, 0) is 17.9 Å². The smallest absolute Gasteiger partial charge is 0.221 e. The van der Waals surface area contributed by atoms with Crippen molar-refractivity contribution in [2.24, 2.45) is 5.92 Å². The van der Waals surface area contributed by atoms with E-state index in [0.29, 0.717) is 18.9 Å². The summed E-state index contributed by atoms with van der Waals surface area (Å²) in [5.74, 6) is 0.693. The molecule has 1 aliphatic heterocycles. The fraction of sp³-hybridized carbons (Fsp3) is 0.450. The summed E-state index contributed by atoms with van der Waals surface area (Å²) in [6, 6.07) is 10.9. The number of amides is 1. The molecule has 1 aromatic carbocycles. The Bertz CT molecular complexity index is 835. The van der Waals surface area contributed by atoms with Gasteiger partial charge in [0, 0.05) is 35.6 Å². The van der Waals surface area contributed by atoms with Crippen LogP contribution >= 0.6 is 11.3 Å². The second kappa shape index (κ2) is 8.63. The Hall–Kier alpha value is -2.25. The van der Waals surface area contributed by atoms with E-state index >= 15 is 0 Å². The Kier molecular flexibility index (Phi) is 5.79. The van der Waals surface area contributed by atoms with Crippen LogP contribution in [0.2, 0.25) is 0 Å². The molecule has 0 unspecified atom stereocenters. The van der Waals surface area contributed by atoms with Gasteiger partial charge in [-0.1, -0.05) is 18.2 Å². The van der Waals surface area contributed by atoms with Crippen LogP contribution in [0.1, 0.15) is 24.1 Å². The summed E-state index contributed by atoms with van der Waals surface area (Å²) in [5.41, 5.74) is 0. The molecule has 6 nitrogen and oxygen atoms in total. The number of piperidine rings is 1. The minimum Gasteiger partial charge on any atom is -0.356 e. The molecule has 7 heteroatoms. The normalized spacial score (nSPS) is 16.0. The summed E-state index contributed by atoms with van der Waals surface area (Å²) in [4.78, 5) is 16.0. The number of likely N-dealkylation sites (tertiary alicyclic amines) is 1. The predicted molar refractivity (Wildman–Crippen MR) is 107 cm³/mol. The van der Waals surface area contributed by atoms with E-state index in [1.165, 1.54) is 15.0 Å². The van der Waals surface area contributed by atoms with Gasteiger partial charge in [-0.3, -0.25) is 9.69 Å². The number of hydrogen-bond acceptors (Lipinski definition) is 5. The largest absolute Gasteiger partial charge is 0.356 e. The lowest BCUT2D eigenvalue weighted by Gasteiger charge is -2.31. The zero-order chi connectivity index (χ0) is 18.5. The van der Waals surface area contributed by atoms with Gasteiger partial charge in [-0.2, -0.15) is 0 Å². The van der Waals surface area contributed by atoms with Crippen LogP contribution < -0.4 is 5.32 Å². The van der Waals surface area contributed by atoms with Gasteiger partial charge in [-0.05, 0) is 49.4 Å². The first kappa shape index (κ1) is 18.1. The molecule has 0 spiro atoms. The second-order valence-corrected chi connectivity index (χ2v) is 8.39. The molecule has 1 fully saturated rings. The van der Waals surface area contributed by atoms with E-state index in [2.05, 4.69) is 50.7 Å². The molecule has 1 amide bonds. The number of rotatable bonds is 7. The molecule has 0 radical (unpaired) electrons. The van der Waals surface area contributed by atoms with Gasteiger partial charge in [0.05, 0.1) is 0 Å². The average Bonchev–Trinajstić information content (AvgIpc) is 3.35. The molecule has 1 aliphatic rings. The molecule has 1 N–H and O–H groups in total. The molecule has 1 saturated heterocycles. The molecule has 0 bridgehead atoms. The zero-order valence-corrected chi connectivity index (χ0v) is 16.2. The van der Waals surface area contributed by atoms with Gasteiger partial charge in [-0.25, -0.2) is 0 Å². The van der Waals surface area contributed by atoms with Crippen molar-refractivity contribution in [2.45, 2.75) is 32.4 Å². The van der Waals surface area contributed by atoms with Crippen LogP contribution in [0.3, 0.4) is 0 Å². The third-order valence-corrected chi connectivity index (χ3v) is 6.32. The molecule has 0 saturated carbocycles. The molecule has 2 aromatic heterocycles. The van der Waals surface area contributed by atoms with Gasteiger partial charge >= 0.3 is 0 Å². The van der Waals surface area contributed by atoms with Crippen LogP contribution in [0.25, 0.3) is 10.1 Å². The van der Waals surface area contributed by atoms with Crippen molar-refractivity contribution in [1.82, 2.24) is 25.0 Å². The van der Waals surface area contributed by atoms with E-state index in [0.717, 1.165) is 39.0 Å². The average molecular weight is 384 g/mol. The summed E-state index contributed by atoms with van der Waals surface area (Å²) in [6.45, 7) is 4.67. The van der Waals surface area contributed by atoms with E-state index in [1.807, 2.05) is 15.9 Å². The quantitative estimate of drug-likeness (QED) is 0.681. The first-order valence-corrected chi connectivity index (χ1v) is 10.4. The van der Waals surface area contributed by atoms with E-state index in [-0.39, 0.29) is 5.91 Å². The zero-order valence-electron chi connectivity index (χ0n) is 15.4. The van der Waals surface area contributed by atoms with Crippen LogP contribution in [-0.4, -0.2) is 45.2 Å². The number of nitrogens with one attached hydrogen (secondary N) is 1. The third kappa shape index (κ3) is 4.93. The van der Waals surface area contributed by atoms with Gasteiger partial charge in [0.2, 0.25) is 5.91 Å². The predicted octanol–water partition coefficient (Wildman–Crippen LogP) is 2.91. The number of carbonyl (C=O) groups is 1. The molecule has 0 atom stereocenters. The Balaban J connectivity index is 1.17. The minimum atomic E-state index is 0.108. The lowest BCUT2D eigenvalue weighted by molar-refractivity contribution is -0.121. The summed E-state index contributed by atoms with van der Waals surface area (Å²) in [5, 5.41) is 11.9. The lowest BCUT2D eigenvalue weighted by Crippen LogP contribution is -2.38. The first-order chi connectivity index (χ1) is 13.3. The highest BCUT2D eigenvalue weighted by Gasteiger charge is 2.20. The SMILES string of the molecule is O=C(CCn1cnnc1)NCC1CCN(Cc2cc3ccccc3s2)CC1. The molecule has 27 heavy (non-hydrogen) atoms. The maximum absolute atomic E-state index is 12.0.